The van der Waals surface area contributed by atoms with Crippen LogP contribution in [0.2, 0.25) is 0 Å². The van der Waals surface area contributed by atoms with Gasteiger partial charge in [-0.15, -0.1) is 0 Å². The van der Waals surface area contributed by atoms with E-state index in [2.05, 4.69) is 20.6 Å². The average molecular weight is 235 g/mol. The summed E-state index contributed by atoms with van der Waals surface area (Å²) in [6, 6.07) is 1.31. The highest BCUT2D eigenvalue weighted by atomic mass is 16.5. The van der Waals surface area contributed by atoms with Gasteiger partial charge in [0.05, 0.1) is 0 Å². The fourth-order valence-corrected chi connectivity index (χ4v) is 1.42. The first-order valence-electron chi connectivity index (χ1n) is 5.17. The highest BCUT2D eigenvalue weighted by Gasteiger charge is 2.18. The molecule has 0 bridgehead atoms. The summed E-state index contributed by atoms with van der Waals surface area (Å²) in [5.41, 5.74) is 0.480. The van der Waals surface area contributed by atoms with Crippen molar-refractivity contribution in [1.82, 2.24) is 25.2 Å². The predicted octanol–water partition coefficient (Wildman–Crippen LogP) is 0.603. The Kier molecular flexibility index (Phi) is 2.90. The molecule has 0 saturated carbocycles. The molecule has 0 saturated heterocycles. The molecule has 0 aliphatic heterocycles. The zero-order chi connectivity index (χ0) is 12.4. The second-order valence-corrected chi connectivity index (χ2v) is 3.72. The van der Waals surface area contributed by atoms with Crippen molar-refractivity contribution in [3.8, 4) is 0 Å². The molecule has 1 N–H and O–H groups in total. The Bertz CT molecular complexity index is 530. The van der Waals surface area contributed by atoms with Gasteiger partial charge in [0.15, 0.2) is 5.82 Å². The summed E-state index contributed by atoms with van der Waals surface area (Å²) >= 11 is 0. The summed E-state index contributed by atoms with van der Waals surface area (Å²) in [5.74, 6) is 0.702. The van der Waals surface area contributed by atoms with Crippen LogP contribution in [0, 0.1) is 6.92 Å². The predicted molar refractivity (Wildman–Crippen MR) is 58.1 cm³/mol. The van der Waals surface area contributed by atoms with E-state index < -0.39 is 0 Å². The third-order valence-corrected chi connectivity index (χ3v) is 2.31. The molecule has 0 aliphatic rings. The number of aryl methyl sites for hydroxylation is 2. The first-order chi connectivity index (χ1) is 8.08. The van der Waals surface area contributed by atoms with E-state index in [4.69, 9.17) is 4.52 Å². The van der Waals surface area contributed by atoms with Gasteiger partial charge in [-0.1, -0.05) is 5.16 Å². The van der Waals surface area contributed by atoms with Gasteiger partial charge in [-0.2, -0.15) is 10.1 Å². The van der Waals surface area contributed by atoms with Crippen molar-refractivity contribution >= 4 is 5.91 Å². The first-order valence-corrected chi connectivity index (χ1v) is 5.17. The summed E-state index contributed by atoms with van der Waals surface area (Å²) in [4.78, 5) is 15.9. The van der Waals surface area contributed by atoms with Crippen molar-refractivity contribution in [3.05, 3.63) is 29.7 Å². The zero-order valence-corrected chi connectivity index (χ0v) is 9.84. The number of hydrogen-bond donors (Lipinski definition) is 1. The second kappa shape index (κ2) is 4.36. The number of amides is 1. The zero-order valence-electron chi connectivity index (χ0n) is 9.84. The minimum Gasteiger partial charge on any atom is -0.339 e. The lowest BCUT2D eigenvalue weighted by molar-refractivity contribution is 0.0923. The molecule has 17 heavy (non-hydrogen) atoms. The van der Waals surface area contributed by atoms with Gasteiger partial charge in [0.1, 0.15) is 11.7 Å². The fourth-order valence-electron chi connectivity index (χ4n) is 1.42. The van der Waals surface area contributed by atoms with Crippen molar-refractivity contribution in [2.75, 3.05) is 0 Å². The molecule has 0 radical (unpaired) electrons. The Balaban J connectivity index is 2.07. The quantitative estimate of drug-likeness (QED) is 0.842. The summed E-state index contributed by atoms with van der Waals surface area (Å²) in [6.07, 6.45) is 1.57. The van der Waals surface area contributed by atoms with Crippen LogP contribution in [0.1, 0.15) is 35.2 Å². The third kappa shape index (κ3) is 2.32. The maximum Gasteiger partial charge on any atom is 0.270 e. The Labute approximate surface area is 97.8 Å². The van der Waals surface area contributed by atoms with Crippen LogP contribution in [-0.2, 0) is 7.05 Å². The third-order valence-electron chi connectivity index (χ3n) is 2.31. The largest absolute Gasteiger partial charge is 0.339 e. The van der Waals surface area contributed by atoms with E-state index in [-0.39, 0.29) is 11.9 Å². The number of hydrogen-bond acceptors (Lipinski definition) is 5. The molecule has 90 valence electrons. The van der Waals surface area contributed by atoms with Gasteiger partial charge in [0.2, 0.25) is 5.89 Å². The van der Waals surface area contributed by atoms with E-state index in [9.17, 15) is 4.79 Å². The maximum atomic E-state index is 11.9. The first kappa shape index (κ1) is 11.3. The van der Waals surface area contributed by atoms with E-state index in [1.54, 1.807) is 33.2 Å². The van der Waals surface area contributed by atoms with Gasteiger partial charge in [-0.3, -0.25) is 9.48 Å². The molecule has 0 aromatic carbocycles. The molecule has 0 aliphatic carbocycles. The normalized spacial score (nSPS) is 12.4. The van der Waals surface area contributed by atoms with Crippen molar-refractivity contribution in [2.24, 2.45) is 7.05 Å². The lowest BCUT2D eigenvalue weighted by atomic mass is 10.3. The monoisotopic (exact) mass is 235 g/mol. The minimum atomic E-state index is -0.335. The van der Waals surface area contributed by atoms with Crippen LogP contribution in [0.4, 0.5) is 0 Å². The number of nitrogens with one attached hydrogen (secondary N) is 1. The Morgan fingerprint density at radius 1 is 1.59 bits per heavy atom. The van der Waals surface area contributed by atoms with Crippen LogP contribution in [-0.4, -0.2) is 25.8 Å². The van der Waals surface area contributed by atoms with Gasteiger partial charge in [-0.25, -0.2) is 0 Å². The van der Waals surface area contributed by atoms with E-state index in [0.29, 0.717) is 17.4 Å². The lowest BCUT2D eigenvalue weighted by Crippen LogP contribution is -2.28. The lowest BCUT2D eigenvalue weighted by Gasteiger charge is -2.09. The standard InChI is InChI=1S/C10H13N5O2/c1-6(10-13-7(2)14-17-10)12-9(16)8-4-5-11-15(8)3/h4-6H,1-3H3,(H,12,16). The van der Waals surface area contributed by atoms with Gasteiger partial charge in [0.25, 0.3) is 5.91 Å². The molecular weight excluding hydrogens is 222 g/mol. The Morgan fingerprint density at radius 3 is 2.88 bits per heavy atom. The van der Waals surface area contributed by atoms with Crippen LogP contribution in [0.3, 0.4) is 0 Å². The molecule has 0 spiro atoms. The molecule has 1 unspecified atom stereocenters. The topological polar surface area (TPSA) is 85.8 Å². The number of carbonyl (C=O) groups is 1. The van der Waals surface area contributed by atoms with E-state index in [1.807, 2.05) is 0 Å². The minimum absolute atomic E-state index is 0.228. The second-order valence-electron chi connectivity index (χ2n) is 3.72. The van der Waals surface area contributed by atoms with Crippen LogP contribution in [0.15, 0.2) is 16.8 Å². The SMILES string of the molecule is Cc1noc(C(C)NC(=O)c2ccnn2C)n1. The Hall–Kier alpha value is -2.18. The van der Waals surface area contributed by atoms with Crippen molar-refractivity contribution in [2.45, 2.75) is 19.9 Å². The summed E-state index contributed by atoms with van der Waals surface area (Å²) in [5, 5.41) is 10.4. The van der Waals surface area contributed by atoms with E-state index in [0.717, 1.165) is 0 Å². The van der Waals surface area contributed by atoms with Crippen LogP contribution in [0.5, 0.6) is 0 Å². The summed E-state index contributed by atoms with van der Waals surface area (Å²) < 4.78 is 6.48. The number of nitrogens with zero attached hydrogens (tertiary/aromatic N) is 4. The molecule has 7 nitrogen and oxygen atoms in total. The van der Waals surface area contributed by atoms with Crippen molar-refractivity contribution < 1.29 is 9.32 Å². The summed E-state index contributed by atoms with van der Waals surface area (Å²) in [6.45, 7) is 3.50. The van der Waals surface area contributed by atoms with E-state index >= 15 is 0 Å². The molecule has 1 amide bonds. The number of aromatic nitrogens is 4. The highest BCUT2D eigenvalue weighted by Crippen LogP contribution is 2.10. The van der Waals surface area contributed by atoms with Crippen LogP contribution in [0.25, 0.3) is 0 Å². The average Bonchev–Trinajstić information content (AvgIpc) is 2.86. The Morgan fingerprint density at radius 2 is 2.35 bits per heavy atom. The van der Waals surface area contributed by atoms with Crippen molar-refractivity contribution in [3.63, 3.8) is 0 Å². The summed E-state index contributed by atoms with van der Waals surface area (Å²) in [7, 11) is 1.70. The van der Waals surface area contributed by atoms with Gasteiger partial charge in [-0.05, 0) is 19.9 Å². The number of rotatable bonds is 3. The van der Waals surface area contributed by atoms with Crippen molar-refractivity contribution in [1.29, 1.82) is 0 Å². The number of carbonyl (C=O) groups excluding carboxylic acids is 1. The molecule has 0 fully saturated rings. The highest BCUT2D eigenvalue weighted by molar-refractivity contribution is 5.92. The van der Waals surface area contributed by atoms with Gasteiger partial charge < -0.3 is 9.84 Å². The molecular formula is C10H13N5O2. The molecule has 1 atom stereocenters. The molecule has 2 heterocycles. The molecule has 2 rings (SSSR count). The smallest absolute Gasteiger partial charge is 0.270 e. The van der Waals surface area contributed by atoms with E-state index in [1.165, 1.54) is 4.68 Å². The molecule has 2 aromatic heterocycles. The van der Waals surface area contributed by atoms with Crippen LogP contribution < -0.4 is 5.32 Å². The van der Waals surface area contributed by atoms with Crippen LogP contribution >= 0.6 is 0 Å². The van der Waals surface area contributed by atoms with Gasteiger partial charge in [0, 0.05) is 13.2 Å². The molecule has 2 aromatic rings. The molecule has 7 heteroatoms. The maximum absolute atomic E-state index is 11.9. The van der Waals surface area contributed by atoms with Gasteiger partial charge >= 0.3 is 0 Å². The fraction of sp³-hybridized carbons (Fsp3) is 0.400.